The molecule has 0 aromatic carbocycles. The van der Waals surface area contributed by atoms with Crippen molar-refractivity contribution in [3.8, 4) is 0 Å². The van der Waals surface area contributed by atoms with E-state index in [0.29, 0.717) is 6.54 Å². The van der Waals surface area contributed by atoms with Crippen LogP contribution in [0, 0.1) is 0 Å². The maximum atomic E-state index is 9.61. The van der Waals surface area contributed by atoms with Crippen LogP contribution in [0.2, 0.25) is 0 Å². The van der Waals surface area contributed by atoms with Gasteiger partial charge in [0.1, 0.15) is 11.8 Å². The van der Waals surface area contributed by atoms with Crippen molar-refractivity contribution in [3.05, 3.63) is 0 Å². The first-order valence-corrected chi connectivity index (χ1v) is 3.98. The molecule has 5 N–H and O–H groups in total. The van der Waals surface area contributed by atoms with Gasteiger partial charge in [-0.2, -0.15) is 0 Å². The van der Waals surface area contributed by atoms with Crippen LogP contribution in [0.1, 0.15) is 0 Å². The Bertz CT molecular complexity index is 109. The average molecular weight is 177 g/mol. The molecule has 0 spiro atoms. The number of rotatable bonds is 6. The molecule has 0 aromatic heterocycles. The Kier molecular flexibility index (Phi) is 5.36. The third kappa shape index (κ3) is 2.40. The van der Waals surface area contributed by atoms with E-state index < -0.39 is 11.8 Å². The minimum Gasteiger partial charge on any atom is -0.393 e. The van der Waals surface area contributed by atoms with E-state index >= 15 is 0 Å². The lowest BCUT2D eigenvalue weighted by Gasteiger charge is -2.35. The van der Waals surface area contributed by atoms with E-state index in [9.17, 15) is 5.11 Å². The molecule has 0 fully saturated rings. The molecule has 0 saturated carbocycles. The van der Waals surface area contributed by atoms with Crippen LogP contribution in [-0.2, 0) is 0 Å². The van der Waals surface area contributed by atoms with Crippen molar-refractivity contribution in [3.63, 3.8) is 0 Å². The van der Waals surface area contributed by atoms with Crippen molar-refractivity contribution in [2.45, 2.75) is 11.8 Å². The molecular formula is C7H19N3O2. The molecule has 0 radical (unpaired) electrons. The van der Waals surface area contributed by atoms with Crippen LogP contribution in [0.25, 0.3) is 0 Å². The van der Waals surface area contributed by atoms with Crippen molar-refractivity contribution in [2.24, 2.45) is 0 Å². The molecule has 0 aliphatic carbocycles. The van der Waals surface area contributed by atoms with Crippen molar-refractivity contribution in [1.82, 2.24) is 16.0 Å². The molecule has 0 rings (SSSR count). The summed E-state index contributed by atoms with van der Waals surface area (Å²) in [5.41, 5.74) is -0.816. The van der Waals surface area contributed by atoms with E-state index in [1.165, 1.54) is 0 Å². The fourth-order valence-electron chi connectivity index (χ4n) is 1.09. The quantitative estimate of drug-likeness (QED) is 0.295. The molecule has 74 valence electrons. The molecule has 12 heavy (non-hydrogen) atoms. The second-order valence-electron chi connectivity index (χ2n) is 2.70. The summed E-state index contributed by atoms with van der Waals surface area (Å²) in [6, 6.07) is 0. The first-order chi connectivity index (χ1) is 5.66. The van der Waals surface area contributed by atoms with Crippen molar-refractivity contribution < 1.29 is 10.2 Å². The van der Waals surface area contributed by atoms with Gasteiger partial charge in [-0.3, -0.25) is 10.6 Å². The summed E-state index contributed by atoms with van der Waals surface area (Å²) in [5, 5.41) is 27.2. The lowest BCUT2D eigenvalue weighted by atomic mass is 10.0. The Hall–Kier alpha value is -0.200. The first-order valence-electron chi connectivity index (χ1n) is 3.98. The maximum Gasteiger partial charge on any atom is 0.120 e. The number of hydrogen-bond acceptors (Lipinski definition) is 5. The molecule has 0 aliphatic rings. The van der Waals surface area contributed by atoms with Gasteiger partial charge in [0.25, 0.3) is 0 Å². The highest BCUT2D eigenvalue weighted by Crippen LogP contribution is 2.03. The molecule has 5 nitrogen and oxygen atoms in total. The molecule has 0 heterocycles. The molecule has 0 saturated heterocycles. The standard InChI is InChI=1S/C7H19N3O2/c1-8-4-6(12)7(5-11,9-2)10-3/h6,8-12H,4-5H2,1-3H3. The van der Waals surface area contributed by atoms with Gasteiger partial charge >= 0.3 is 0 Å². The minimum absolute atomic E-state index is 0.164. The van der Waals surface area contributed by atoms with E-state index in [2.05, 4.69) is 16.0 Å². The average Bonchev–Trinajstić information content (AvgIpc) is 2.09. The van der Waals surface area contributed by atoms with E-state index in [4.69, 9.17) is 5.11 Å². The van der Waals surface area contributed by atoms with Gasteiger partial charge in [-0.15, -0.1) is 0 Å². The SMILES string of the molecule is CNCC(O)C(CO)(NC)NC. The lowest BCUT2D eigenvalue weighted by Crippen LogP contribution is -2.66. The summed E-state index contributed by atoms with van der Waals surface area (Å²) in [4.78, 5) is 0. The fraction of sp³-hybridized carbons (Fsp3) is 1.00. The Morgan fingerprint density at radius 2 is 1.75 bits per heavy atom. The van der Waals surface area contributed by atoms with Crippen LogP contribution >= 0.6 is 0 Å². The van der Waals surface area contributed by atoms with Gasteiger partial charge in [0.05, 0.1) is 6.61 Å². The Balaban J connectivity index is 4.24. The molecule has 0 aromatic rings. The lowest BCUT2D eigenvalue weighted by molar-refractivity contribution is 0.00779. The zero-order chi connectivity index (χ0) is 9.61. The van der Waals surface area contributed by atoms with Crippen LogP contribution < -0.4 is 16.0 Å². The molecule has 1 unspecified atom stereocenters. The number of aliphatic hydroxyl groups excluding tert-OH is 2. The summed E-state index contributed by atoms with van der Waals surface area (Å²) in [5.74, 6) is 0. The normalized spacial score (nSPS) is 14.8. The highest BCUT2D eigenvalue weighted by atomic mass is 16.3. The predicted octanol–water partition coefficient (Wildman–Crippen LogP) is -2.31. The predicted molar refractivity (Wildman–Crippen MR) is 47.9 cm³/mol. The highest BCUT2D eigenvalue weighted by molar-refractivity contribution is 4.90. The second kappa shape index (κ2) is 5.45. The summed E-state index contributed by atoms with van der Waals surface area (Å²) in [7, 11) is 5.12. The van der Waals surface area contributed by atoms with Gasteiger partial charge in [0, 0.05) is 6.54 Å². The van der Waals surface area contributed by atoms with Gasteiger partial charge < -0.3 is 15.5 Å². The minimum atomic E-state index is -0.816. The van der Waals surface area contributed by atoms with Crippen molar-refractivity contribution in [1.29, 1.82) is 0 Å². The van der Waals surface area contributed by atoms with Crippen LogP contribution in [0.5, 0.6) is 0 Å². The largest absolute Gasteiger partial charge is 0.393 e. The Labute approximate surface area is 73.2 Å². The summed E-state index contributed by atoms with van der Waals surface area (Å²) >= 11 is 0. The number of hydrogen-bond donors (Lipinski definition) is 5. The van der Waals surface area contributed by atoms with Crippen LogP contribution in [-0.4, -0.2) is 56.3 Å². The van der Waals surface area contributed by atoms with Crippen LogP contribution in [0.3, 0.4) is 0 Å². The Morgan fingerprint density at radius 3 is 2.00 bits per heavy atom. The van der Waals surface area contributed by atoms with E-state index in [0.717, 1.165) is 0 Å². The summed E-state index contributed by atoms with van der Waals surface area (Å²) < 4.78 is 0. The van der Waals surface area contributed by atoms with Gasteiger partial charge in [0.15, 0.2) is 0 Å². The Morgan fingerprint density at radius 1 is 1.25 bits per heavy atom. The van der Waals surface area contributed by atoms with E-state index in [-0.39, 0.29) is 6.61 Å². The zero-order valence-electron chi connectivity index (χ0n) is 7.89. The molecule has 5 heteroatoms. The van der Waals surface area contributed by atoms with Crippen LogP contribution in [0.4, 0.5) is 0 Å². The third-order valence-corrected chi connectivity index (χ3v) is 2.11. The molecular weight excluding hydrogens is 158 g/mol. The van der Waals surface area contributed by atoms with E-state index in [1.807, 2.05) is 0 Å². The van der Waals surface area contributed by atoms with Crippen molar-refractivity contribution >= 4 is 0 Å². The summed E-state index contributed by atoms with van der Waals surface area (Å²) in [6.07, 6.45) is -0.678. The second-order valence-corrected chi connectivity index (χ2v) is 2.70. The van der Waals surface area contributed by atoms with Gasteiger partial charge in [0.2, 0.25) is 0 Å². The highest BCUT2D eigenvalue weighted by Gasteiger charge is 2.33. The molecule has 0 aliphatic heterocycles. The topological polar surface area (TPSA) is 76.5 Å². The van der Waals surface area contributed by atoms with Gasteiger partial charge in [-0.25, -0.2) is 0 Å². The number of likely N-dealkylation sites (N-methyl/N-ethyl adjacent to an activating group) is 3. The smallest absolute Gasteiger partial charge is 0.120 e. The zero-order valence-corrected chi connectivity index (χ0v) is 7.89. The van der Waals surface area contributed by atoms with E-state index in [1.54, 1.807) is 21.1 Å². The van der Waals surface area contributed by atoms with Crippen LogP contribution in [0.15, 0.2) is 0 Å². The molecule has 1 atom stereocenters. The van der Waals surface area contributed by atoms with Gasteiger partial charge in [-0.05, 0) is 21.1 Å². The monoisotopic (exact) mass is 177 g/mol. The van der Waals surface area contributed by atoms with Gasteiger partial charge in [-0.1, -0.05) is 0 Å². The molecule has 0 amide bonds. The fourth-order valence-corrected chi connectivity index (χ4v) is 1.09. The number of aliphatic hydroxyl groups is 2. The van der Waals surface area contributed by atoms with Crippen molar-refractivity contribution in [2.75, 3.05) is 34.3 Å². The maximum absolute atomic E-state index is 9.61. The number of nitrogens with one attached hydrogen (secondary N) is 3. The first kappa shape index (κ1) is 11.8. The third-order valence-electron chi connectivity index (χ3n) is 2.11. The molecule has 0 bridgehead atoms. The summed E-state index contributed by atoms with van der Waals surface area (Å²) in [6.45, 7) is 0.255.